The van der Waals surface area contributed by atoms with E-state index in [0.717, 1.165) is 16.7 Å². The summed E-state index contributed by atoms with van der Waals surface area (Å²) >= 11 is 8.97. The molecular weight excluding hydrogens is 362 g/mol. The van der Waals surface area contributed by atoms with E-state index in [1.54, 1.807) is 0 Å². The Kier molecular flexibility index (Phi) is 4.28. The van der Waals surface area contributed by atoms with Crippen molar-refractivity contribution < 1.29 is 0 Å². The summed E-state index contributed by atoms with van der Waals surface area (Å²) in [4.78, 5) is 2.66. The summed E-state index contributed by atoms with van der Waals surface area (Å²) in [5, 5.41) is 3.45. The number of halogens is 2. The molecule has 1 N–H and O–H groups in total. The molecule has 0 aliphatic rings. The van der Waals surface area contributed by atoms with Gasteiger partial charge in [0.25, 0.3) is 0 Å². The van der Waals surface area contributed by atoms with Crippen LogP contribution in [0, 0.1) is 13.8 Å². The van der Waals surface area contributed by atoms with Crippen LogP contribution in [0.2, 0.25) is 0 Å². The van der Waals surface area contributed by atoms with Gasteiger partial charge in [0.15, 0.2) is 0 Å². The van der Waals surface area contributed by atoms with Gasteiger partial charge in [-0.15, -0.1) is 11.3 Å². The molecule has 17 heavy (non-hydrogen) atoms. The van der Waals surface area contributed by atoms with Crippen molar-refractivity contribution in [2.24, 2.45) is 0 Å². The van der Waals surface area contributed by atoms with Crippen LogP contribution in [-0.2, 0) is 6.54 Å². The third-order valence-electron chi connectivity index (χ3n) is 2.55. The lowest BCUT2D eigenvalue weighted by Crippen LogP contribution is -1.98. The molecule has 0 bridgehead atoms. The maximum atomic E-state index is 3.61. The van der Waals surface area contributed by atoms with E-state index in [4.69, 9.17) is 0 Å². The predicted molar refractivity (Wildman–Crippen MR) is 83.0 cm³/mol. The average Bonchev–Trinajstić information content (AvgIpc) is 2.61. The molecule has 4 heteroatoms. The zero-order chi connectivity index (χ0) is 12.4. The molecule has 2 aromatic rings. The van der Waals surface area contributed by atoms with Gasteiger partial charge in [-0.05, 0) is 63.4 Å². The van der Waals surface area contributed by atoms with Gasteiger partial charge in [0, 0.05) is 30.9 Å². The number of aryl methyl sites for hydroxylation is 2. The molecule has 0 atom stereocenters. The molecule has 1 heterocycles. The van der Waals surface area contributed by atoms with Crippen molar-refractivity contribution in [2.75, 3.05) is 5.32 Å². The van der Waals surface area contributed by atoms with Gasteiger partial charge in [-0.1, -0.05) is 12.1 Å². The van der Waals surface area contributed by atoms with Crippen LogP contribution >= 0.6 is 43.2 Å². The van der Waals surface area contributed by atoms with Crippen LogP contribution in [0.4, 0.5) is 5.69 Å². The Morgan fingerprint density at radius 1 is 1.24 bits per heavy atom. The highest BCUT2D eigenvalue weighted by atomic mass is 79.9. The highest BCUT2D eigenvalue weighted by molar-refractivity contribution is 9.11. The van der Waals surface area contributed by atoms with Gasteiger partial charge in [0.2, 0.25) is 0 Å². The second-order valence-electron chi connectivity index (χ2n) is 3.91. The first kappa shape index (κ1) is 13.1. The summed E-state index contributed by atoms with van der Waals surface area (Å²) in [6.07, 6.45) is 0. The number of benzene rings is 1. The number of hydrogen-bond donors (Lipinski definition) is 1. The smallest absolute Gasteiger partial charge is 0.0495 e. The molecule has 0 unspecified atom stereocenters. The average molecular weight is 375 g/mol. The Morgan fingerprint density at radius 3 is 2.65 bits per heavy atom. The van der Waals surface area contributed by atoms with E-state index in [9.17, 15) is 0 Å². The van der Waals surface area contributed by atoms with Crippen LogP contribution in [0.1, 0.15) is 15.3 Å². The van der Waals surface area contributed by atoms with Gasteiger partial charge < -0.3 is 5.32 Å². The highest BCUT2D eigenvalue weighted by Crippen LogP contribution is 2.29. The number of hydrogen-bond acceptors (Lipinski definition) is 2. The van der Waals surface area contributed by atoms with Crippen LogP contribution in [0.25, 0.3) is 0 Å². The van der Waals surface area contributed by atoms with Crippen LogP contribution in [0.15, 0.2) is 33.2 Å². The Bertz CT molecular complexity index is 515. The fourth-order valence-electron chi connectivity index (χ4n) is 1.57. The van der Waals surface area contributed by atoms with E-state index >= 15 is 0 Å². The second kappa shape index (κ2) is 5.55. The second-order valence-corrected chi connectivity index (χ2v) is 6.90. The van der Waals surface area contributed by atoms with Gasteiger partial charge >= 0.3 is 0 Å². The van der Waals surface area contributed by atoms with Crippen molar-refractivity contribution >= 4 is 48.9 Å². The zero-order valence-corrected chi connectivity index (χ0v) is 13.7. The number of thiophene rings is 1. The van der Waals surface area contributed by atoms with E-state index < -0.39 is 0 Å². The SMILES string of the molecule is Cc1cccc(NCc2cc(Br)c(C)s2)c1Br. The molecule has 0 saturated carbocycles. The Labute approximate surface area is 123 Å². The third kappa shape index (κ3) is 3.12. The van der Waals surface area contributed by atoms with Gasteiger partial charge in [-0.3, -0.25) is 0 Å². The van der Waals surface area contributed by atoms with E-state index in [2.05, 4.69) is 75.3 Å². The molecule has 90 valence electrons. The molecule has 1 aromatic heterocycles. The summed E-state index contributed by atoms with van der Waals surface area (Å²) in [5.41, 5.74) is 2.39. The number of rotatable bonds is 3. The molecule has 2 rings (SSSR count). The summed E-state index contributed by atoms with van der Waals surface area (Å²) in [6, 6.07) is 8.43. The van der Waals surface area contributed by atoms with Crippen LogP contribution in [0.3, 0.4) is 0 Å². The first-order valence-electron chi connectivity index (χ1n) is 5.31. The largest absolute Gasteiger partial charge is 0.379 e. The molecule has 0 fully saturated rings. The van der Waals surface area contributed by atoms with Crippen molar-refractivity contribution in [1.82, 2.24) is 0 Å². The van der Waals surface area contributed by atoms with Gasteiger partial charge in [0.05, 0.1) is 0 Å². The molecule has 0 amide bonds. The third-order valence-corrected chi connectivity index (χ3v) is 5.74. The summed E-state index contributed by atoms with van der Waals surface area (Å²) in [7, 11) is 0. The lowest BCUT2D eigenvalue weighted by atomic mass is 10.2. The van der Waals surface area contributed by atoms with E-state index in [-0.39, 0.29) is 0 Å². The first-order chi connectivity index (χ1) is 8.08. The minimum absolute atomic E-state index is 0.860. The molecule has 0 spiro atoms. The maximum absolute atomic E-state index is 3.61. The standard InChI is InChI=1S/C13H13Br2NS/c1-8-4-3-5-12(13(8)15)16-7-10-6-11(14)9(2)17-10/h3-6,16H,7H2,1-2H3. The molecule has 1 aromatic carbocycles. The van der Waals surface area contributed by atoms with Crippen LogP contribution < -0.4 is 5.32 Å². The van der Waals surface area contributed by atoms with Crippen molar-refractivity contribution in [1.29, 1.82) is 0 Å². The van der Waals surface area contributed by atoms with Crippen molar-refractivity contribution in [3.05, 3.63) is 48.5 Å². The summed E-state index contributed by atoms with van der Waals surface area (Å²) in [5.74, 6) is 0. The molecule has 0 saturated heterocycles. The molecule has 0 aliphatic heterocycles. The van der Waals surface area contributed by atoms with Crippen LogP contribution in [-0.4, -0.2) is 0 Å². The Balaban J connectivity index is 2.10. The zero-order valence-electron chi connectivity index (χ0n) is 9.68. The lowest BCUT2D eigenvalue weighted by Gasteiger charge is -2.09. The van der Waals surface area contributed by atoms with Gasteiger partial charge in [-0.25, -0.2) is 0 Å². The summed E-state index contributed by atoms with van der Waals surface area (Å²) < 4.78 is 2.34. The van der Waals surface area contributed by atoms with E-state index in [1.165, 1.54) is 19.8 Å². The first-order valence-corrected chi connectivity index (χ1v) is 7.72. The van der Waals surface area contributed by atoms with Crippen molar-refractivity contribution in [3.8, 4) is 0 Å². The van der Waals surface area contributed by atoms with Crippen molar-refractivity contribution in [3.63, 3.8) is 0 Å². The molecular formula is C13H13Br2NS. The minimum atomic E-state index is 0.860. The minimum Gasteiger partial charge on any atom is -0.379 e. The van der Waals surface area contributed by atoms with E-state index in [1.807, 2.05) is 11.3 Å². The fourth-order valence-corrected chi connectivity index (χ4v) is 3.52. The monoisotopic (exact) mass is 373 g/mol. The predicted octanol–water partition coefficient (Wildman–Crippen LogP) is 5.50. The Hall–Kier alpha value is -0.320. The molecule has 1 nitrogen and oxygen atoms in total. The topological polar surface area (TPSA) is 12.0 Å². The number of anilines is 1. The number of nitrogens with one attached hydrogen (secondary N) is 1. The van der Waals surface area contributed by atoms with Crippen molar-refractivity contribution in [2.45, 2.75) is 20.4 Å². The maximum Gasteiger partial charge on any atom is 0.0495 e. The quantitative estimate of drug-likeness (QED) is 0.747. The molecule has 0 aliphatic carbocycles. The normalized spacial score (nSPS) is 10.6. The fraction of sp³-hybridized carbons (Fsp3) is 0.231. The van der Waals surface area contributed by atoms with Gasteiger partial charge in [0.1, 0.15) is 0 Å². The highest BCUT2D eigenvalue weighted by Gasteiger charge is 2.05. The Morgan fingerprint density at radius 2 is 2.00 bits per heavy atom. The van der Waals surface area contributed by atoms with Crippen LogP contribution in [0.5, 0.6) is 0 Å². The van der Waals surface area contributed by atoms with E-state index in [0.29, 0.717) is 0 Å². The summed E-state index contributed by atoms with van der Waals surface area (Å²) in [6.45, 7) is 5.08. The molecule has 0 radical (unpaired) electrons. The lowest BCUT2D eigenvalue weighted by molar-refractivity contribution is 1.18. The van der Waals surface area contributed by atoms with Gasteiger partial charge in [-0.2, -0.15) is 0 Å².